The summed E-state index contributed by atoms with van der Waals surface area (Å²) in [5.74, 6) is 1.03. The molecule has 1 fully saturated rings. The summed E-state index contributed by atoms with van der Waals surface area (Å²) in [6.45, 7) is 2.14. The molecule has 0 unspecified atom stereocenters. The van der Waals surface area contributed by atoms with Crippen LogP contribution in [0.25, 0.3) is 0 Å². The molecule has 6 heteroatoms. The van der Waals surface area contributed by atoms with Crippen molar-refractivity contribution in [3.63, 3.8) is 0 Å². The number of thiophene rings is 1. The van der Waals surface area contributed by atoms with E-state index in [2.05, 4.69) is 28.4 Å². The summed E-state index contributed by atoms with van der Waals surface area (Å²) < 4.78 is 10.9. The lowest BCUT2D eigenvalue weighted by molar-refractivity contribution is 0.0996. The monoisotopic (exact) mass is 450 g/mol. The van der Waals surface area contributed by atoms with Gasteiger partial charge in [-0.25, -0.2) is 0 Å². The molecule has 0 bridgehead atoms. The molecule has 5 rings (SSSR count). The van der Waals surface area contributed by atoms with E-state index in [0.717, 1.165) is 36.7 Å². The van der Waals surface area contributed by atoms with Crippen molar-refractivity contribution in [2.75, 3.05) is 25.5 Å². The fraction of sp³-hybridized carbons (Fsp3) is 0.423. The number of rotatable bonds is 6. The molecule has 1 saturated heterocycles. The molecule has 1 aromatic carbocycles. The number of ether oxygens (including phenoxy) is 1. The number of anilines is 1. The molecule has 0 spiro atoms. The van der Waals surface area contributed by atoms with Gasteiger partial charge in [-0.2, -0.15) is 0 Å². The Kier molecular flexibility index (Phi) is 6.32. The normalized spacial score (nSPS) is 17.5. The second kappa shape index (κ2) is 9.51. The largest absolute Gasteiger partial charge is 0.497 e. The molecule has 1 atom stereocenters. The Labute approximate surface area is 193 Å². The van der Waals surface area contributed by atoms with Gasteiger partial charge in [0, 0.05) is 10.4 Å². The second-order valence-electron chi connectivity index (χ2n) is 8.66. The molecule has 32 heavy (non-hydrogen) atoms. The molecule has 0 saturated carbocycles. The number of piperidine rings is 1. The van der Waals surface area contributed by atoms with E-state index < -0.39 is 0 Å². The first-order valence-corrected chi connectivity index (χ1v) is 12.4. The summed E-state index contributed by atoms with van der Waals surface area (Å²) in [7, 11) is 1.72. The van der Waals surface area contributed by atoms with Crippen molar-refractivity contribution in [2.45, 2.75) is 51.0 Å². The lowest BCUT2D eigenvalue weighted by atomic mass is 9.88. The quantitative estimate of drug-likeness (QED) is 0.496. The highest BCUT2D eigenvalue weighted by atomic mass is 32.1. The lowest BCUT2D eigenvalue weighted by Crippen LogP contribution is -2.35. The van der Waals surface area contributed by atoms with Gasteiger partial charge in [0.15, 0.2) is 5.76 Å². The first kappa shape index (κ1) is 21.3. The Hall–Kier alpha value is -2.57. The number of fused-ring (bicyclic) bond motifs is 1. The number of furan rings is 1. The van der Waals surface area contributed by atoms with E-state index in [1.165, 1.54) is 53.7 Å². The fourth-order valence-corrected chi connectivity index (χ4v) is 6.41. The molecule has 1 N–H and O–H groups in total. The maximum Gasteiger partial charge on any atom is 0.291 e. The van der Waals surface area contributed by atoms with Crippen LogP contribution in [0.2, 0.25) is 0 Å². The number of nitrogens with one attached hydrogen (secondary N) is 1. The Balaban J connectivity index is 1.62. The van der Waals surface area contributed by atoms with Crippen LogP contribution in [-0.2, 0) is 12.8 Å². The van der Waals surface area contributed by atoms with Gasteiger partial charge in [0.05, 0.1) is 19.4 Å². The van der Waals surface area contributed by atoms with Crippen molar-refractivity contribution < 1.29 is 13.9 Å². The average molecular weight is 451 g/mol. The maximum atomic E-state index is 12.9. The number of aryl methyl sites for hydroxylation is 1. The zero-order valence-electron chi connectivity index (χ0n) is 18.6. The summed E-state index contributed by atoms with van der Waals surface area (Å²) in [6.07, 6.45) is 9.83. The molecule has 0 radical (unpaired) electrons. The Morgan fingerprint density at radius 3 is 2.72 bits per heavy atom. The van der Waals surface area contributed by atoms with E-state index in [0.29, 0.717) is 5.76 Å². The summed E-state index contributed by atoms with van der Waals surface area (Å²) in [4.78, 5) is 17.0. The molecule has 1 amide bonds. The third-order valence-corrected chi connectivity index (χ3v) is 7.85. The average Bonchev–Trinajstić information content (AvgIpc) is 3.49. The third-order valence-electron chi connectivity index (χ3n) is 6.62. The summed E-state index contributed by atoms with van der Waals surface area (Å²) in [5, 5.41) is 4.19. The number of hydrogen-bond donors (Lipinski definition) is 1. The summed E-state index contributed by atoms with van der Waals surface area (Å²) in [5.41, 5.74) is 3.94. The molecule has 2 aliphatic rings. The van der Waals surface area contributed by atoms with Crippen LogP contribution in [0.15, 0.2) is 47.1 Å². The van der Waals surface area contributed by atoms with Crippen molar-refractivity contribution in [2.24, 2.45) is 0 Å². The molecule has 2 aromatic heterocycles. The number of amides is 1. The van der Waals surface area contributed by atoms with Crippen LogP contribution in [0.3, 0.4) is 0 Å². The van der Waals surface area contributed by atoms with Crippen molar-refractivity contribution in [1.29, 1.82) is 0 Å². The zero-order chi connectivity index (χ0) is 21.9. The van der Waals surface area contributed by atoms with Crippen LogP contribution < -0.4 is 10.1 Å². The van der Waals surface area contributed by atoms with Gasteiger partial charge in [-0.05, 0) is 87.0 Å². The van der Waals surface area contributed by atoms with Gasteiger partial charge >= 0.3 is 0 Å². The van der Waals surface area contributed by atoms with Crippen molar-refractivity contribution in [3.8, 4) is 5.75 Å². The molecule has 1 aliphatic heterocycles. The van der Waals surface area contributed by atoms with Crippen LogP contribution in [0, 0.1) is 0 Å². The minimum atomic E-state index is -0.183. The number of carbonyl (C=O) groups is 1. The minimum Gasteiger partial charge on any atom is -0.497 e. The smallest absolute Gasteiger partial charge is 0.291 e. The minimum absolute atomic E-state index is 0.107. The highest BCUT2D eigenvalue weighted by Gasteiger charge is 2.33. The number of likely N-dealkylation sites (tertiary alicyclic amines) is 1. The summed E-state index contributed by atoms with van der Waals surface area (Å²) in [6, 6.07) is 12.0. The number of hydrogen-bond acceptors (Lipinski definition) is 5. The molecule has 5 nitrogen and oxygen atoms in total. The molecule has 1 aliphatic carbocycles. The first-order valence-electron chi connectivity index (χ1n) is 11.6. The maximum absolute atomic E-state index is 12.9. The van der Waals surface area contributed by atoms with Crippen molar-refractivity contribution >= 4 is 22.2 Å². The van der Waals surface area contributed by atoms with Gasteiger partial charge < -0.3 is 14.5 Å². The third kappa shape index (κ3) is 4.21. The molecule has 168 valence electrons. The summed E-state index contributed by atoms with van der Waals surface area (Å²) >= 11 is 1.75. The van der Waals surface area contributed by atoms with E-state index in [9.17, 15) is 4.79 Å². The van der Waals surface area contributed by atoms with E-state index in [1.807, 2.05) is 6.07 Å². The van der Waals surface area contributed by atoms with Crippen LogP contribution in [0.1, 0.15) is 70.3 Å². The van der Waals surface area contributed by atoms with E-state index in [4.69, 9.17) is 9.15 Å². The number of benzene rings is 1. The fourth-order valence-electron chi connectivity index (χ4n) is 5.09. The van der Waals surface area contributed by atoms with Gasteiger partial charge in [0.25, 0.3) is 5.91 Å². The van der Waals surface area contributed by atoms with Crippen molar-refractivity contribution in [3.05, 3.63) is 70.0 Å². The predicted octanol–water partition coefficient (Wildman–Crippen LogP) is 6.06. The topological polar surface area (TPSA) is 54.7 Å². The van der Waals surface area contributed by atoms with Crippen molar-refractivity contribution in [1.82, 2.24) is 4.90 Å². The molecule has 3 aromatic rings. The molecular weight excluding hydrogens is 420 g/mol. The van der Waals surface area contributed by atoms with Gasteiger partial charge in [0.1, 0.15) is 10.8 Å². The van der Waals surface area contributed by atoms with Crippen LogP contribution in [0.5, 0.6) is 5.75 Å². The van der Waals surface area contributed by atoms with Gasteiger partial charge in [-0.15, -0.1) is 11.3 Å². The van der Waals surface area contributed by atoms with E-state index in [1.54, 1.807) is 36.8 Å². The van der Waals surface area contributed by atoms with E-state index in [-0.39, 0.29) is 11.9 Å². The van der Waals surface area contributed by atoms with E-state index >= 15 is 0 Å². The molecular formula is C26H30N2O3S. The lowest BCUT2D eigenvalue weighted by Gasteiger charge is -2.36. The van der Waals surface area contributed by atoms with Gasteiger partial charge in [0.2, 0.25) is 0 Å². The Morgan fingerprint density at radius 2 is 1.94 bits per heavy atom. The predicted molar refractivity (Wildman–Crippen MR) is 128 cm³/mol. The SMILES string of the molecule is COc1cccc([C@@H](c2c(NC(=O)c3ccco3)sc3c2CCCC3)N2CCCCC2)c1. The first-order chi connectivity index (χ1) is 15.7. The molecule has 3 heterocycles. The second-order valence-corrected chi connectivity index (χ2v) is 9.77. The van der Waals surface area contributed by atoms with Gasteiger partial charge in [-0.3, -0.25) is 9.69 Å². The van der Waals surface area contributed by atoms with Crippen LogP contribution in [0.4, 0.5) is 5.00 Å². The highest BCUT2D eigenvalue weighted by molar-refractivity contribution is 7.16. The number of nitrogens with zero attached hydrogens (tertiary/aromatic N) is 1. The Morgan fingerprint density at radius 1 is 1.09 bits per heavy atom. The Bertz CT molecular complexity index is 1070. The zero-order valence-corrected chi connectivity index (χ0v) is 19.4. The highest BCUT2D eigenvalue weighted by Crippen LogP contribution is 2.46. The number of carbonyl (C=O) groups excluding carboxylic acids is 1. The van der Waals surface area contributed by atoms with Crippen LogP contribution in [-0.4, -0.2) is 31.0 Å². The standard InChI is InChI=1S/C26H30N2O3S/c1-30-19-10-7-9-18(17-19)24(28-14-5-2-6-15-28)23-20-11-3-4-13-22(20)32-26(23)27-25(29)21-12-8-16-31-21/h7-10,12,16-17,24H,2-6,11,13-15H2,1H3,(H,27,29)/t24-/m0/s1. The van der Waals surface area contributed by atoms with Gasteiger partial charge in [-0.1, -0.05) is 18.6 Å². The number of methoxy groups -OCH3 is 1. The van der Waals surface area contributed by atoms with Crippen LogP contribution >= 0.6 is 11.3 Å².